The molecule has 84 valence electrons. The second-order valence-electron chi connectivity index (χ2n) is 3.69. The van der Waals surface area contributed by atoms with Gasteiger partial charge in [0.25, 0.3) is 0 Å². The SMILES string of the molecule is CCCOc1c(C)c2ccccc2oc1=O. The van der Waals surface area contributed by atoms with Gasteiger partial charge in [-0.05, 0) is 19.4 Å². The summed E-state index contributed by atoms with van der Waals surface area (Å²) in [7, 11) is 0. The number of benzene rings is 1. The minimum Gasteiger partial charge on any atom is -0.486 e. The van der Waals surface area contributed by atoms with Crippen LogP contribution in [0.4, 0.5) is 0 Å². The Balaban J connectivity index is 2.61. The van der Waals surface area contributed by atoms with E-state index in [4.69, 9.17) is 9.15 Å². The number of ether oxygens (including phenoxy) is 1. The maximum absolute atomic E-state index is 11.7. The molecule has 0 atom stereocenters. The fraction of sp³-hybridized carbons (Fsp3) is 0.308. The zero-order chi connectivity index (χ0) is 11.5. The Kier molecular flexibility index (Phi) is 2.95. The van der Waals surface area contributed by atoms with E-state index >= 15 is 0 Å². The molecule has 0 fully saturated rings. The van der Waals surface area contributed by atoms with Gasteiger partial charge in [-0.25, -0.2) is 4.79 Å². The van der Waals surface area contributed by atoms with Crippen molar-refractivity contribution in [2.24, 2.45) is 0 Å². The van der Waals surface area contributed by atoms with Crippen LogP contribution in [0.25, 0.3) is 11.0 Å². The number of hydrogen-bond acceptors (Lipinski definition) is 3. The third-order valence-corrected chi connectivity index (χ3v) is 2.47. The lowest BCUT2D eigenvalue weighted by Crippen LogP contribution is -2.09. The zero-order valence-electron chi connectivity index (χ0n) is 9.45. The van der Waals surface area contributed by atoms with E-state index < -0.39 is 5.63 Å². The third kappa shape index (κ3) is 1.81. The number of hydrogen-bond donors (Lipinski definition) is 0. The average molecular weight is 218 g/mol. The molecular formula is C13H14O3. The van der Waals surface area contributed by atoms with Crippen molar-refractivity contribution in [2.75, 3.05) is 6.61 Å². The summed E-state index contributed by atoms with van der Waals surface area (Å²) in [5.74, 6) is 0.334. The largest absolute Gasteiger partial charge is 0.486 e. The van der Waals surface area contributed by atoms with Gasteiger partial charge in [-0.3, -0.25) is 0 Å². The molecule has 0 saturated heterocycles. The molecule has 0 aliphatic heterocycles. The molecule has 1 aromatic heterocycles. The molecule has 0 aliphatic carbocycles. The Bertz CT molecular complexity index is 555. The van der Waals surface area contributed by atoms with Crippen molar-refractivity contribution in [3.05, 3.63) is 40.2 Å². The van der Waals surface area contributed by atoms with Gasteiger partial charge in [-0.1, -0.05) is 25.1 Å². The first-order valence-electron chi connectivity index (χ1n) is 5.39. The van der Waals surface area contributed by atoms with Crippen molar-refractivity contribution in [1.82, 2.24) is 0 Å². The summed E-state index contributed by atoms with van der Waals surface area (Å²) >= 11 is 0. The van der Waals surface area contributed by atoms with E-state index in [-0.39, 0.29) is 0 Å². The summed E-state index contributed by atoms with van der Waals surface area (Å²) in [6, 6.07) is 7.47. The van der Waals surface area contributed by atoms with Crippen LogP contribution in [-0.2, 0) is 0 Å². The van der Waals surface area contributed by atoms with E-state index in [0.29, 0.717) is 17.9 Å². The maximum atomic E-state index is 11.7. The molecule has 2 aromatic rings. The van der Waals surface area contributed by atoms with Gasteiger partial charge < -0.3 is 9.15 Å². The highest BCUT2D eigenvalue weighted by molar-refractivity contribution is 5.81. The molecule has 0 saturated carbocycles. The van der Waals surface area contributed by atoms with Gasteiger partial charge >= 0.3 is 5.63 Å². The molecule has 0 spiro atoms. The lowest BCUT2D eigenvalue weighted by molar-refractivity contribution is 0.300. The fourth-order valence-corrected chi connectivity index (χ4v) is 1.66. The van der Waals surface area contributed by atoms with Crippen molar-refractivity contribution in [3.8, 4) is 5.75 Å². The summed E-state index contributed by atoms with van der Waals surface area (Å²) < 4.78 is 10.6. The Hall–Kier alpha value is -1.77. The molecule has 0 N–H and O–H groups in total. The number of aryl methyl sites for hydroxylation is 1. The fourth-order valence-electron chi connectivity index (χ4n) is 1.66. The van der Waals surface area contributed by atoms with Crippen LogP contribution >= 0.6 is 0 Å². The first-order valence-corrected chi connectivity index (χ1v) is 5.39. The molecule has 0 unspecified atom stereocenters. The summed E-state index contributed by atoms with van der Waals surface area (Å²) in [5, 5.41) is 0.924. The molecule has 16 heavy (non-hydrogen) atoms. The molecular weight excluding hydrogens is 204 g/mol. The van der Waals surface area contributed by atoms with Gasteiger partial charge in [0.15, 0.2) is 0 Å². The third-order valence-electron chi connectivity index (χ3n) is 2.47. The van der Waals surface area contributed by atoms with E-state index in [2.05, 4.69) is 0 Å². The van der Waals surface area contributed by atoms with Crippen molar-refractivity contribution in [3.63, 3.8) is 0 Å². The van der Waals surface area contributed by atoms with Crippen LogP contribution in [0.5, 0.6) is 5.75 Å². The van der Waals surface area contributed by atoms with Crippen LogP contribution in [0, 0.1) is 6.92 Å². The highest BCUT2D eigenvalue weighted by Crippen LogP contribution is 2.23. The Morgan fingerprint density at radius 1 is 1.31 bits per heavy atom. The van der Waals surface area contributed by atoms with E-state index in [1.54, 1.807) is 6.07 Å². The monoisotopic (exact) mass is 218 g/mol. The molecule has 2 rings (SSSR count). The number of para-hydroxylation sites is 1. The second kappa shape index (κ2) is 4.39. The molecule has 0 radical (unpaired) electrons. The quantitative estimate of drug-likeness (QED) is 0.743. The molecule has 3 nitrogen and oxygen atoms in total. The van der Waals surface area contributed by atoms with Crippen LogP contribution in [0.1, 0.15) is 18.9 Å². The standard InChI is InChI=1S/C13H14O3/c1-3-8-15-12-9(2)10-6-4-5-7-11(10)16-13(12)14/h4-7H,3,8H2,1-2H3. The van der Waals surface area contributed by atoms with E-state index in [0.717, 1.165) is 17.4 Å². The van der Waals surface area contributed by atoms with Crippen molar-refractivity contribution in [1.29, 1.82) is 0 Å². The molecule has 0 amide bonds. The second-order valence-corrected chi connectivity index (χ2v) is 3.69. The van der Waals surface area contributed by atoms with Gasteiger partial charge in [0.2, 0.25) is 5.75 Å². The minimum absolute atomic E-state index is 0.334. The van der Waals surface area contributed by atoms with Crippen molar-refractivity contribution < 1.29 is 9.15 Å². The van der Waals surface area contributed by atoms with Crippen LogP contribution in [0.15, 0.2) is 33.5 Å². The van der Waals surface area contributed by atoms with Crippen LogP contribution < -0.4 is 10.4 Å². The summed E-state index contributed by atoms with van der Waals surface area (Å²) in [5.41, 5.74) is 1.05. The van der Waals surface area contributed by atoms with Gasteiger partial charge in [0.1, 0.15) is 5.58 Å². The number of fused-ring (bicyclic) bond motifs is 1. The Morgan fingerprint density at radius 3 is 2.81 bits per heavy atom. The first kappa shape index (κ1) is 10.7. The van der Waals surface area contributed by atoms with Gasteiger partial charge in [0.05, 0.1) is 6.61 Å². The van der Waals surface area contributed by atoms with E-state index in [9.17, 15) is 4.79 Å². The maximum Gasteiger partial charge on any atom is 0.379 e. The summed E-state index contributed by atoms with van der Waals surface area (Å²) in [6.45, 7) is 4.41. The molecule has 1 heterocycles. The van der Waals surface area contributed by atoms with Crippen LogP contribution in [0.2, 0.25) is 0 Å². The predicted molar refractivity (Wildman–Crippen MR) is 63.0 cm³/mol. The zero-order valence-corrected chi connectivity index (χ0v) is 9.45. The Labute approximate surface area is 93.7 Å². The summed E-state index contributed by atoms with van der Waals surface area (Å²) in [4.78, 5) is 11.7. The van der Waals surface area contributed by atoms with Crippen molar-refractivity contribution >= 4 is 11.0 Å². The van der Waals surface area contributed by atoms with Crippen molar-refractivity contribution in [2.45, 2.75) is 20.3 Å². The van der Waals surface area contributed by atoms with Crippen LogP contribution in [-0.4, -0.2) is 6.61 Å². The molecule has 0 aliphatic rings. The first-order chi connectivity index (χ1) is 7.74. The lowest BCUT2D eigenvalue weighted by Gasteiger charge is -2.08. The summed E-state index contributed by atoms with van der Waals surface area (Å²) in [6.07, 6.45) is 0.867. The van der Waals surface area contributed by atoms with E-state index in [1.165, 1.54) is 0 Å². The molecule has 0 bridgehead atoms. The minimum atomic E-state index is -0.398. The lowest BCUT2D eigenvalue weighted by atomic mass is 10.1. The van der Waals surface area contributed by atoms with E-state index in [1.807, 2.05) is 32.0 Å². The highest BCUT2D eigenvalue weighted by Gasteiger charge is 2.11. The normalized spacial score (nSPS) is 10.6. The smallest absolute Gasteiger partial charge is 0.379 e. The van der Waals surface area contributed by atoms with Gasteiger partial charge in [0, 0.05) is 10.9 Å². The van der Waals surface area contributed by atoms with Gasteiger partial charge in [-0.15, -0.1) is 0 Å². The highest BCUT2D eigenvalue weighted by atomic mass is 16.5. The predicted octanol–water partition coefficient (Wildman–Crippen LogP) is 2.89. The molecule has 3 heteroatoms. The Morgan fingerprint density at radius 2 is 2.06 bits per heavy atom. The average Bonchev–Trinajstić information content (AvgIpc) is 2.29. The topological polar surface area (TPSA) is 39.4 Å². The number of rotatable bonds is 3. The van der Waals surface area contributed by atoms with Gasteiger partial charge in [-0.2, -0.15) is 0 Å². The molecule has 1 aromatic carbocycles. The van der Waals surface area contributed by atoms with Crippen LogP contribution in [0.3, 0.4) is 0 Å².